The van der Waals surface area contributed by atoms with Crippen LogP contribution in [0.2, 0.25) is 0 Å². The van der Waals surface area contributed by atoms with Gasteiger partial charge in [-0.2, -0.15) is 0 Å². The van der Waals surface area contributed by atoms with Gasteiger partial charge in [0.1, 0.15) is 11.6 Å². The molecule has 0 bridgehead atoms. The van der Waals surface area contributed by atoms with E-state index in [1.807, 2.05) is 23.2 Å². The van der Waals surface area contributed by atoms with Crippen molar-refractivity contribution >= 4 is 5.91 Å². The Kier molecular flexibility index (Phi) is 7.71. The number of likely N-dealkylation sites (tertiary alicyclic amines) is 1. The van der Waals surface area contributed by atoms with Gasteiger partial charge >= 0.3 is 0 Å². The average Bonchev–Trinajstić information content (AvgIpc) is 2.86. The Morgan fingerprint density at radius 2 is 1.79 bits per heavy atom. The number of amides is 1. The van der Waals surface area contributed by atoms with Gasteiger partial charge in [-0.25, -0.2) is 4.39 Å². The van der Waals surface area contributed by atoms with Crippen LogP contribution in [0.3, 0.4) is 0 Å². The van der Waals surface area contributed by atoms with E-state index in [-0.39, 0.29) is 11.7 Å². The zero-order chi connectivity index (χ0) is 23.0. The van der Waals surface area contributed by atoms with E-state index in [1.54, 1.807) is 19.2 Å². The molecule has 1 fully saturated rings. The van der Waals surface area contributed by atoms with Crippen LogP contribution < -0.4 is 4.74 Å². The van der Waals surface area contributed by atoms with Crippen LogP contribution in [0.25, 0.3) is 0 Å². The van der Waals surface area contributed by atoms with Gasteiger partial charge in [0.15, 0.2) is 0 Å². The van der Waals surface area contributed by atoms with Crippen LogP contribution in [0.15, 0.2) is 66.9 Å². The number of carbonyl (C=O) groups is 1. The van der Waals surface area contributed by atoms with Crippen LogP contribution in [0, 0.1) is 5.82 Å². The van der Waals surface area contributed by atoms with Crippen LogP contribution in [-0.2, 0) is 17.6 Å². The Morgan fingerprint density at radius 1 is 1.03 bits per heavy atom. The van der Waals surface area contributed by atoms with Crippen molar-refractivity contribution in [3.8, 4) is 5.75 Å². The molecule has 33 heavy (non-hydrogen) atoms. The highest BCUT2D eigenvalue weighted by Gasteiger charge is 2.24. The van der Waals surface area contributed by atoms with Crippen molar-refractivity contribution in [1.29, 1.82) is 0 Å². The number of halogens is 1. The third-order valence-electron chi connectivity index (χ3n) is 6.43. The normalized spacial score (nSPS) is 14.3. The summed E-state index contributed by atoms with van der Waals surface area (Å²) in [5.41, 5.74) is 4.58. The van der Waals surface area contributed by atoms with E-state index in [0.717, 1.165) is 62.2 Å². The number of hydrogen-bond donors (Lipinski definition) is 0. The summed E-state index contributed by atoms with van der Waals surface area (Å²) < 4.78 is 18.3. The van der Waals surface area contributed by atoms with E-state index in [9.17, 15) is 9.18 Å². The highest BCUT2D eigenvalue weighted by atomic mass is 19.1. The molecule has 5 heteroatoms. The molecule has 2 aromatic carbocycles. The topological polar surface area (TPSA) is 42.4 Å². The van der Waals surface area contributed by atoms with Crippen molar-refractivity contribution in [2.75, 3.05) is 20.2 Å². The van der Waals surface area contributed by atoms with E-state index in [2.05, 4.69) is 24.3 Å². The van der Waals surface area contributed by atoms with Crippen molar-refractivity contribution < 1.29 is 13.9 Å². The average molecular weight is 447 g/mol. The van der Waals surface area contributed by atoms with Gasteiger partial charge < -0.3 is 9.64 Å². The number of hydrogen-bond acceptors (Lipinski definition) is 3. The van der Waals surface area contributed by atoms with Crippen LogP contribution in [0.5, 0.6) is 5.75 Å². The summed E-state index contributed by atoms with van der Waals surface area (Å²) in [7, 11) is 1.68. The van der Waals surface area contributed by atoms with Gasteiger partial charge in [-0.15, -0.1) is 0 Å². The molecule has 1 aromatic heterocycles. The Morgan fingerprint density at radius 3 is 2.48 bits per heavy atom. The van der Waals surface area contributed by atoms with Crippen LogP contribution in [0.1, 0.15) is 54.0 Å². The quantitative estimate of drug-likeness (QED) is 0.456. The third kappa shape index (κ3) is 6.41. The van der Waals surface area contributed by atoms with Crippen molar-refractivity contribution in [2.24, 2.45) is 0 Å². The van der Waals surface area contributed by atoms with Gasteiger partial charge in [0.2, 0.25) is 5.91 Å². The zero-order valence-corrected chi connectivity index (χ0v) is 19.2. The molecule has 4 nitrogen and oxygen atoms in total. The second kappa shape index (κ2) is 11.1. The lowest BCUT2D eigenvalue weighted by Crippen LogP contribution is -2.38. The number of pyridine rings is 1. The molecule has 0 spiro atoms. The Labute approximate surface area is 195 Å². The number of benzene rings is 2. The molecular weight excluding hydrogens is 415 g/mol. The van der Waals surface area contributed by atoms with Gasteiger partial charge in [-0.1, -0.05) is 30.3 Å². The first-order valence-electron chi connectivity index (χ1n) is 11.7. The molecule has 4 rings (SSSR count). The number of rotatable bonds is 8. The Hall–Kier alpha value is -3.21. The highest BCUT2D eigenvalue weighted by molar-refractivity contribution is 5.76. The number of piperidine rings is 1. The number of ether oxygens (including phenoxy) is 1. The Balaban J connectivity index is 1.22. The lowest BCUT2D eigenvalue weighted by Gasteiger charge is -2.32. The maximum atomic E-state index is 13.0. The second-order valence-corrected chi connectivity index (χ2v) is 8.75. The fourth-order valence-corrected chi connectivity index (χ4v) is 4.48. The molecule has 0 radical (unpaired) electrons. The molecule has 0 unspecified atom stereocenters. The number of aromatic nitrogens is 1. The minimum absolute atomic E-state index is 0.220. The van der Waals surface area contributed by atoms with Gasteiger partial charge in [0.25, 0.3) is 0 Å². The van der Waals surface area contributed by atoms with Crippen molar-refractivity contribution in [2.45, 2.75) is 44.4 Å². The first kappa shape index (κ1) is 23.0. The summed E-state index contributed by atoms with van der Waals surface area (Å²) in [6, 6.07) is 18.9. The van der Waals surface area contributed by atoms with Crippen molar-refractivity contribution in [1.82, 2.24) is 9.88 Å². The SMILES string of the molecule is COc1cccc(Cc2ccc(C3CCN(C(=O)CCCc4ccc(F)cc4)CC3)nc2)c1. The molecular formula is C28H31FN2O2. The van der Waals surface area contributed by atoms with Gasteiger partial charge in [0.05, 0.1) is 7.11 Å². The molecule has 0 N–H and O–H groups in total. The first-order valence-corrected chi connectivity index (χ1v) is 11.7. The minimum Gasteiger partial charge on any atom is -0.497 e. The second-order valence-electron chi connectivity index (χ2n) is 8.75. The van der Waals surface area contributed by atoms with Crippen molar-refractivity contribution in [3.05, 3.63) is 95.1 Å². The summed E-state index contributed by atoms with van der Waals surface area (Å²) in [5.74, 6) is 1.27. The molecule has 2 heterocycles. The standard InChI is InChI=1S/C28H31FN2O2/c1-33-26-6-2-5-22(19-26)18-23-10-13-27(30-20-23)24-14-16-31(17-15-24)28(32)7-3-4-21-8-11-25(29)12-9-21/h2,5-6,8-13,19-20,24H,3-4,7,14-18H2,1H3. The van der Waals surface area contributed by atoms with Gasteiger partial charge in [-0.3, -0.25) is 9.78 Å². The van der Waals surface area contributed by atoms with Crippen LogP contribution in [0.4, 0.5) is 4.39 Å². The lowest BCUT2D eigenvalue weighted by atomic mass is 9.92. The van der Waals surface area contributed by atoms with Crippen molar-refractivity contribution in [3.63, 3.8) is 0 Å². The summed E-state index contributed by atoms with van der Waals surface area (Å²) in [4.78, 5) is 19.3. The van der Waals surface area contributed by atoms with Gasteiger partial charge in [-0.05, 0) is 79.1 Å². The third-order valence-corrected chi connectivity index (χ3v) is 6.43. The molecule has 1 amide bonds. The number of methoxy groups -OCH3 is 1. The predicted molar refractivity (Wildman–Crippen MR) is 128 cm³/mol. The molecule has 1 aliphatic heterocycles. The lowest BCUT2D eigenvalue weighted by molar-refractivity contribution is -0.132. The molecule has 3 aromatic rings. The summed E-state index contributed by atoms with van der Waals surface area (Å²) in [6.07, 6.45) is 6.84. The number of aryl methyl sites for hydroxylation is 1. The fraction of sp³-hybridized carbons (Fsp3) is 0.357. The Bertz CT molecular complexity index is 1040. The zero-order valence-electron chi connectivity index (χ0n) is 19.2. The summed E-state index contributed by atoms with van der Waals surface area (Å²) >= 11 is 0. The maximum absolute atomic E-state index is 13.0. The highest BCUT2D eigenvalue weighted by Crippen LogP contribution is 2.27. The summed E-state index contributed by atoms with van der Waals surface area (Å²) in [6.45, 7) is 1.57. The van der Waals surface area contributed by atoms with Crippen LogP contribution in [-0.4, -0.2) is 36.0 Å². The minimum atomic E-state index is -0.223. The largest absolute Gasteiger partial charge is 0.497 e. The smallest absolute Gasteiger partial charge is 0.222 e. The molecule has 1 aliphatic rings. The fourth-order valence-electron chi connectivity index (χ4n) is 4.48. The molecule has 1 saturated heterocycles. The number of carbonyl (C=O) groups excluding carboxylic acids is 1. The maximum Gasteiger partial charge on any atom is 0.222 e. The first-order chi connectivity index (χ1) is 16.1. The molecule has 172 valence electrons. The molecule has 0 atom stereocenters. The van der Waals surface area contributed by atoms with E-state index in [4.69, 9.17) is 9.72 Å². The monoisotopic (exact) mass is 446 g/mol. The summed E-state index contributed by atoms with van der Waals surface area (Å²) in [5, 5.41) is 0. The predicted octanol–water partition coefficient (Wildman–Crippen LogP) is 5.55. The molecule has 0 aliphatic carbocycles. The van der Waals surface area contributed by atoms with E-state index in [1.165, 1.54) is 23.3 Å². The van der Waals surface area contributed by atoms with E-state index >= 15 is 0 Å². The number of nitrogens with zero attached hydrogens (tertiary/aromatic N) is 2. The van der Waals surface area contributed by atoms with Gasteiger partial charge in [0, 0.05) is 37.3 Å². The van der Waals surface area contributed by atoms with E-state index < -0.39 is 0 Å². The van der Waals surface area contributed by atoms with E-state index in [0.29, 0.717) is 12.3 Å². The van der Waals surface area contributed by atoms with Crippen LogP contribution >= 0.6 is 0 Å². The molecule has 0 saturated carbocycles.